The molecule has 16 heavy (non-hydrogen) atoms. The van der Waals surface area contributed by atoms with Gasteiger partial charge >= 0.3 is 0 Å². The highest BCUT2D eigenvalue weighted by Gasteiger charge is 2.20. The van der Waals surface area contributed by atoms with Crippen LogP contribution in [0.25, 0.3) is 0 Å². The zero-order valence-electron chi connectivity index (χ0n) is 10.2. The molecule has 1 N–H and O–H groups in total. The Morgan fingerprint density at radius 1 is 1.25 bits per heavy atom. The van der Waals surface area contributed by atoms with E-state index < -0.39 is 0 Å². The van der Waals surface area contributed by atoms with Crippen LogP contribution < -0.4 is 5.32 Å². The topological polar surface area (TPSA) is 12.0 Å². The summed E-state index contributed by atoms with van der Waals surface area (Å²) >= 11 is 2.00. The Hall–Kier alpha value is -0.470. The van der Waals surface area contributed by atoms with E-state index in [1.54, 1.807) is 0 Å². The number of benzene rings is 1. The van der Waals surface area contributed by atoms with E-state index in [2.05, 4.69) is 43.4 Å². The van der Waals surface area contributed by atoms with Gasteiger partial charge in [-0.3, -0.25) is 0 Å². The van der Waals surface area contributed by atoms with E-state index in [0.717, 1.165) is 12.5 Å². The molecule has 0 unspecified atom stereocenters. The van der Waals surface area contributed by atoms with Gasteiger partial charge < -0.3 is 5.32 Å². The van der Waals surface area contributed by atoms with Gasteiger partial charge in [0.15, 0.2) is 0 Å². The molecule has 0 spiro atoms. The highest BCUT2D eigenvalue weighted by Crippen LogP contribution is 2.34. The lowest BCUT2D eigenvalue weighted by molar-refractivity contribution is 0.588. The summed E-state index contributed by atoms with van der Waals surface area (Å²) in [5, 5.41) is 3.43. The van der Waals surface area contributed by atoms with Crippen molar-refractivity contribution in [3.63, 3.8) is 0 Å². The predicted molar refractivity (Wildman–Crippen MR) is 71.9 cm³/mol. The lowest BCUT2D eigenvalue weighted by Crippen LogP contribution is -2.21. The first kappa shape index (κ1) is 12.0. The number of thioether (sulfide) groups is 1. The Labute approximate surface area is 103 Å². The van der Waals surface area contributed by atoms with Crippen LogP contribution in [0.2, 0.25) is 0 Å². The van der Waals surface area contributed by atoms with Crippen LogP contribution in [0.5, 0.6) is 0 Å². The van der Waals surface area contributed by atoms with Crippen molar-refractivity contribution in [1.29, 1.82) is 0 Å². The minimum Gasteiger partial charge on any atom is -0.310 e. The summed E-state index contributed by atoms with van der Waals surface area (Å²) in [7, 11) is 0. The molecule has 1 nitrogen and oxygen atoms in total. The largest absolute Gasteiger partial charge is 0.310 e. The highest BCUT2D eigenvalue weighted by atomic mass is 32.2. The minimum atomic E-state index is 0.559. The summed E-state index contributed by atoms with van der Waals surface area (Å²) in [6.07, 6.45) is 2.90. The molecule has 1 aromatic carbocycles. The second kappa shape index (κ2) is 5.74. The van der Waals surface area contributed by atoms with Crippen LogP contribution >= 0.6 is 11.8 Å². The van der Waals surface area contributed by atoms with Crippen molar-refractivity contribution in [1.82, 2.24) is 5.32 Å². The van der Waals surface area contributed by atoms with Crippen LogP contribution in [0.3, 0.4) is 0 Å². The van der Waals surface area contributed by atoms with E-state index in [4.69, 9.17) is 0 Å². The lowest BCUT2D eigenvalue weighted by atomic mass is 10.2. The summed E-state index contributed by atoms with van der Waals surface area (Å²) in [6.45, 7) is 5.34. The smallest absolute Gasteiger partial charge is 0.0207 e. The van der Waals surface area contributed by atoms with E-state index in [-0.39, 0.29) is 0 Å². The van der Waals surface area contributed by atoms with Crippen LogP contribution in [-0.4, -0.2) is 11.8 Å². The minimum absolute atomic E-state index is 0.559. The Morgan fingerprint density at radius 2 is 1.94 bits per heavy atom. The second-order valence-electron chi connectivity index (χ2n) is 4.93. The molecule has 2 heteroatoms. The van der Waals surface area contributed by atoms with Gasteiger partial charge in [-0.05, 0) is 36.5 Å². The fourth-order valence-electron chi connectivity index (χ4n) is 1.52. The molecular weight excluding hydrogens is 214 g/mol. The van der Waals surface area contributed by atoms with Gasteiger partial charge in [-0.15, -0.1) is 11.8 Å². The third-order valence-corrected chi connectivity index (χ3v) is 4.06. The lowest BCUT2D eigenvalue weighted by Gasteiger charge is -2.08. The van der Waals surface area contributed by atoms with E-state index in [9.17, 15) is 0 Å². The zero-order valence-corrected chi connectivity index (χ0v) is 11.0. The summed E-state index contributed by atoms with van der Waals surface area (Å²) in [4.78, 5) is 1.42. The average molecular weight is 235 g/mol. The van der Waals surface area contributed by atoms with Gasteiger partial charge in [-0.1, -0.05) is 26.0 Å². The maximum Gasteiger partial charge on any atom is 0.0207 e. The Kier molecular flexibility index (Phi) is 4.30. The maximum absolute atomic E-state index is 3.43. The molecule has 1 aliphatic rings. The van der Waals surface area contributed by atoms with Crippen LogP contribution in [0.15, 0.2) is 29.2 Å². The second-order valence-corrected chi connectivity index (χ2v) is 6.03. The number of rotatable bonds is 6. The molecule has 0 radical (unpaired) electrons. The van der Waals surface area contributed by atoms with Crippen LogP contribution in [0.4, 0.5) is 0 Å². The fourth-order valence-corrected chi connectivity index (χ4v) is 2.61. The molecule has 0 heterocycles. The van der Waals surface area contributed by atoms with Crippen molar-refractivity contribution >= 4 is 11.8 Å². The van der Waals surface area contributed by atoms with Gasteiger partial charge in [-0.25, -0.2) is 0 Å². The highest BCUT2D eigenvalue weighted by molar-refractivity contribution is 7.99. The fraction of sp³-hybridized carbons (Fsp3) is 0.571. The van der Waals surface area contributed by atoms with E-state index >= 15 is 0 Å². The summed E-state index contributed by atoms with van der Waals surface area (Å²) in [6, 6.07) is 9.55. The van der Waals surface area contributed by atoms with Gasteiger partial charge in [0.05, 0.1) is 0 Å². The number of hydrogen-bond donors (Lipinski definition) is 1. The van der Waals surface area contributed by atoms with E-state index in [1.165, 1.54) is 29.1 Å². The SMILES string of the molecule is CC(C)NCc1ccc(SCC2CC2)cc1. The first-order chi connectivity index (χ1) is 7.74. The molecule has 0 aromatic heterocycles. The van der Waals surface area contributed by atoms with Crippen molar-refractivity contribution in [2.75, 3.05) is 5.75 Å². The molecule has 88 valence electrons. The van der Waals surface area contributed by atoms with Crippen molar-refractivity contribution in [3.8, 4) is 0 Å². The first-order valence-electron chi connectivity index (χ1n) is 6.19. The van der Waals surface area contributed by atoms with Gasteiger partial charge in [0.1, 0.15) is 0 Å². The normalized spacial score (nSPS) is 15.7. The summed E-state index contributed by atoms with van der Waals surface area (Å²) in [5.74, 6) is 2.32. The van der Waals surface area contributed by atoms with Crippen LogP contribution in [0.1, 0.15) is 32.3 Å². The van der Waals surface area contributed by atoms with Crippen molar-refractivity contribution < 1.29 is 0 Å². The molecule has 2 rings (SSSR count). The Balaban J connectivity index is 1.78. The molecule has 1 saturated carbocycles. The van der Waals surface area contributed by atoms with Gasteiger partial charge in [0.2, 0.25) is 0 Å². The maximum atomic E-state index is 3.43. The summed E-state index contributed by atoms with van der Waals surface area (Å²) in [5.41, 5.74) is 1.38. The third-order valence-electron chi connectivity index (χ3n) is 2.82. The van der Waals surface area contributed by atoms with Gasteiger partial charge in [-0.2, -0.15) is 0 Å². The molecule has 0 bridgehead atoms. The average Bonchev–Trinajstić information content (AvgIpc) is 3.09. The van der Waals surface area contributed by atoms with Crippen LogP contribution in [0, 0.1) is 5.92 Å². The molecule has 0 aliphatic heterocycles. The molecular formula is C14H21NS. The molecule has 0 saturated heterocycles. The third kappa shape index (κ3) is 4.18. The predicted octanol–water partition coefficient (Wildman–Crippen LogP) is 3.69. The number of hydrogen-bond acceptors (Lipinski definition) is 2. The van der Waals surface area contributed by atoms with Crippen molar-refractivity contribution in [2.45, 2.75) is 44.2 Å². The van der Waals surface area contributed by atoms with Gasteiger partial charge in [0, 0.05) is 23.2 Å². The van der Waals surface area contributed by atoms with E-state index in [0.29, 0.717) is 6.04 Å². The van der Waals surface area contributed by atoms with Gasteiger partial charge in [0.25, 0.3) is 0 Å². The first-order valence-corrected chi connectivity index (χ1v) is 7.17. The quantitative estimate of drug-likeness (QED) is 0.755. The monoisotopic (exact) mass is 235 g/mol. The standard InChI is InChI=1S/C14H21NS/c1-11(2)15-9-12-5-7-14(8-6-12)16-10-13-3-4-13/h5-8,11,13,15H,3-4,9-10H2,1-2H3. The van der Waals surface area contributed by atoms with Crippen molar-refractivity contribution in [2.24, 2.45) is 5.92 Å². The Morgan fingerprint density at radius 3 is 2.50 bits per heavy atom. The number of nitrogens with one attached hydrogen (secondary N) is 1. The molecule has 1 fully saturated rings. The molecule has 1 aliphatic carbocycles. The molecule has 0 atom stereocenters. The Bertz CT molecular complexity index is 289. The summed E-state index contributed by atoms with van der Waals surface area (Å²) < 4.78 is 0. The zero-order chi connectivity index (χ0) is 11.4. The molecule has 0 amide bonds. The van der Waals surface area contributed by atoms with E-state index in [1.807, 2.05) is 11.8 Å². The molecule has 1 aromatic rings. The van der Waals surface area contributed by atoms with Crippen LogP contribution in [-0.2, 0) is 6.54 Å². The van der Waals surface area contributed by atoms with Crippen molar-refractivity contribution in [3.05, 3.63) is 29.8 Å².